The minimum atomic E-state index is -0.0614. The van der Waals surface area contributed by atoms with Crippen LogP contribution in [0.3, 0.4) is 0 Å². The largest absolute Gasteiger partial charge is 0.506 e. The van der Waals surface area contributed by atoms with Gasteiger partial charge in [0.25, 0.3) is 5.91 Å². The molecule has 8 nitrogen and oxygen atoms in total. The fourth-order valence-electron chi connectivity index (χ4n) is 5.95. The predicted octanol–water partition coefficient (Wildman–Crippen LogP) is 3.64. The van der Waals surface area contributed by atoms with E-state index in [1.165, 1.54) is 25.7 Å². The van der Waals surface area contributed by atoms with Gasteiger partial charge in [-0.25, -0.2) is 4.98 Å². The molecule has 0 bridgehead atoms. The number of benzene rings is 1. The molecule has 8 heteroatoms. The van der Waals surface area contributed by atoms with Gasteiger partial charge in [-0.1, -0.05) is 12.8 Å². The Labute approximate surface area is 212 Å². The van der Waals surface area contributed by atoms with Crippen LogP contribution in [-0.4, -0.2) is 71.8 Å². The van der Waals surface area contributed by atoms with E-state index in [2.05, 4.69) is 9.91 Å². The number of hydrazone groups is 1. The predicted molar refractivity (Wildman–Crippen MR) is 139 cm³/mol. The van der Waals surface area contributed by atoms with Crippen LogP contribution in [0.4, 0.5) is 5.69 Å². The molecule has 2 unspecified atom stereocenters. The SMILES string of the molecule is CN(C)CCN(C)C(=O)c1ccc2c(n1)CCC1C2=NN(c2ccc(C#N)c(O)c2)C1C1CCCC1. The number of nitrogens with zero attached hydrogens (tertiary/aromatic N) is 6. The monoisotopic (exact) mass is 486 g/mol. The van der Waals surface area contributed by atoms with Crippen molar-refractivity contribution in [2.24, 2.45) is 16.9 Å². The number of anilines is 1. The molecule has 188 valence electrons. The summed E-state index contributed by atoms with van der Waals surface area (Å²) in [4.78, 5) is 21.6. The first kappa shape index (κ1) is 24.3. The van der Waals surface area contributed by atoms with Crippen LogP contribution in [-0.2, 0) is 6.42 Å². The van der Waals surface area contributed by atoms with Gasteiger partial charge in [0.2, 0.25) is 0 Å². The van der Waals surface area contributed by atoms with Crippen molar-refractivity contribution >= 4 is 17.3 Å². The average molecular weight is 487 g/mol. The number of likely N-dealkylation sites (N-methyl/N-ethyl adjacent to an activating group) is 2. The topological polar surface area (TPSA) is 96.1 Å². The van der Waals surface area contributed by atoms with Crippen LogP contribution in [0.2, 0.25) is 0 Å². The van der Waals surface area contributed by atoms with Crippen LogP contribution < -0.4 is 5.01 Å². The summed E-state index contributed by atoms with van der Waals surface area (Å²) >= 11 is 0. The van der Waals surface area contributed by atoms with E-state index in [-0.39, 0.29) is 29.2 Å². The van der Waals surface area contributed by atoms with Gasteiger partial charge in [0.1, 0.15) is 17.5 Å². The lowest BCUT2D eigenvalue weighted by Crippen LogP contribution is -2.41. The molecule has 2 aliphatic carbocycles. The fraction of sp³-hybridized carbons (Fsp3) is 0.500. The van der Waals surface area contributed by atoms with E-state index in [1.54, 1.807) is 17.0 Å². The molecule has 1 aromatic heterocycles. The highest BCUT2D eigenvalue weighted by atomic mass is 16.3. The van der Waals surface area contributed by atoms with Crippen molar-refractivity contribution in [2.75, 3.05) is 39.2 Å². The van der Waals surface area contributed by atoms with E-state index in [9.17, 15) is 15.2 Å². The van der Waals surface area contributed by atoms with E-state index in [1.807, 2.05) is 45.4 Å². The Morgan fingerprint density at radius 1 is 1.14 bits per heavy atom. The maximum atomic E-state index is 13.0. The molecule has 1 aliphatic heterocycles. The zero-order valence-corrected chi connectivity index (χ0v) is 21.3. The fourth-order valence-corrected chi connectivity index (χ4v) is 5.95. The third-order valence-corrected chi connectivity index (χ3v) is 7.90. The second kappa shape index (κ2) is 9.90. The van der Waals surface area contributed by atoms with Gasteiger partial charge in [-0.05, 0) is 70.0 Å². The number of phenolic OH excluding ortho intramolecular Hbond substituents is 1. The third-order valence-electron chi connectivity index (χ3n) is 7.90. The zero-order valence-electron chi connectivity index (χ0n) is 21.3. The van der Waals surface area contributed by atoms with E-state index >= 15 is 0 Å². The third kappa shape index (κ3) is 4.44. The maximum Gasteiger partial charge on any atom is 0.272 e. The number of phenols is 1. The summed E-state index contributed by atoms with van der Waals surface area (Å²) in [7, 11) is 5.81. The zero-order chi connectivity index (χ0) is 25.4. The molecule has 1 fully saturated rings. The standard InChI is InChI=1S/C28H34N6O2/c1-32(2)14-15-33(3)28(36)24-13-10-21-23(30-24)12-11-22-26(21)31-34(27(22)18-6-4-5-7-18)20-9-8-19(17-29)25(35)16-20/h8-10,13,16,18,22,27,35H,4-7,11-12,14-15H2,1-3H3. The van der Waals surface area contributed by atoms with Crippen LogP contribution in [0.15, 0.2) is 35.4 Å². The minimum Gasteiger partial charge on any atom is -0.506 e. The van der Waals surface area contributed by atoms with Gasteiger partial charge in [-0.3, -0.25) is 9.80 Å². The summed E-state index contributed by atoms with van der Waals surface area (Å²) < 4.78 is 0. The number of carbonyl (C=O) groups excluding carboxylic acids is 1. The molecule has 2 heterocycles. The summed E-state index contributed by atoms with van der Waals surface area (Å²) in [5, 5.41) is 26.8. The molecule has 1 N–H and O–H groups in total. The van der Waals surface area contributed by atoms with Crippen molar-refractivity contribution in [2.45, 2.75) is 44.6 Å². The summed E-state index contributed by atoms with van der Waals surface area (Å²) in [5.74, 6) is 0.742. The highest BCUT2D eigenvalue weighted by molar-refractivity contribution is 6.07. The first-order valence-corrected chi connectivity index (χ1v) is 12.9. The van der Waals surface area contributed by atoms with Crippen LogP contribution in [0.25, 0.3) is 0 Å². The molecule has 36 heavy (non-hydrogen) atoms. The number of hydrogen-bond donors (Lipinski definition) is 1. The molecule has 2 atom stereocenters. The smallest absolute Gasteiger partial charge is 0.272 e. The molecular weight excluding hydrogens is 452 g/mol. The van der Waals surface area contributed by atoms with Crippen molar-refractivity contribution in [1.29, 1.82) is 5.26 Å². The first-order chi connectivity index (χ1) is 17.4. The molecule has 1 saturated carbocycles. The quantitative estimate of drug-likeness (QED) is 0.670. The van der Waals surface area contributed by atoms with E-state index in [0.717, 1.165) is 42.0 Å². The van der Waals surface area contributed by atoms with Crippen LogP contribution in [0.5, 0.6) is 5.75 Å². The lowest BCUT2D eigenvalue weighted by atomic mass is 9.76. The Morgan fingerprint density at radius 2 is 1.92 bits per heavy atom. The number of nitriles is 1. The summed E-state index contributed by atoms with van der Waals surface area (Å²) in [6.07, 6.45) is 6.59. The molecule has 1 aromatic carbocycles. The number of aromatic hydroxyl groups is 1. The molecular formula is C28H34N6O2. The highest BCUT2D eigenvalue weighted by Crippen LogP contribution is 2.45. The molecule has 0 spiro atoms. The number of fused-ring (bicyclic) bond motifs is 3. The Hall–Kier alpha value is -3.44. The van der Waals surface area contributed by atoms with Gasteiger partial charge < -0.3 is 14.9 Å². The van der Waals surface area contributed by atoms with Crippen molar-refractivity contribution < 1.29 is 9.90 Å². The van der Waals surface area contributed by atoms with Gasteiger partial charge in [0.05, 0.1) is 28.7 Å². The minimum absolute atomic E-state index is 0.0150. The van der Waals surface area contributed by atoms with Gasteiger partial charge in [0.15, 0.2) is 0 Å². The Balaban J connectivity index is 1.47. The second-order valence-electron chi connectivity index (χ2n) is 10.5. The van der Waals surface area contributed by atoms with Crippen LogP contribution >= 0.6 is 0 Å². The highest BCUT2D eigenvalue weighted by Gasteiger charge is 2.46. The normalized spacial score (nSPS) is 21.2. The van der Waals surface area contributed by atoms with E-state index in [0.29, 0.717) is 18.2 Å². The molecule has 3 aliphatic rings. The molecule has 0 radical (unpaired) electrons. The number of pyridine rings is 1. The van der Waals surface area contributed by atoms with E-state index < -0.39 is 0 Å². The van der Waals surface area contributed by atoms with Gasteiger partial charge >= 0.3 is 0 Å². The van der Waals surface area contributed by atoms with Crippen molar-refractivity contribution in [1.82, 2.24) is 14.8 Å². The first-order valence-electron chi connectivity index (χ1n) is 12.9. The Morgan fingerprint density at radius 3 is 2.61 bits per heavy atom. The summed E-state index contributed by atoms with van der Waals surface area (Å²) in [6, 6.07) is 11.3. The number of rotatable bonds is 6. The number of hydrogen-bond acceptors (Lipinski definition) is 7. The molecule has 5 rings (SSSR count). The van der Waals surface area contributed by atoms with Crippen molar-refractivity contribution in [3.8, 4) is 11.8 Å². The van der Waals surface area contributed by atoms with Crippen molar-refractivity contribution in [3.63, 3.8) is 0 Å². The molecule has 2 aromatic rings. The summed E-state index contributed by atoms with van der Waals surface area (Å²) in [5.41, 5.74) is 4.56. The van der Waals surface area contributed by atoms with Crippen molar-refractivity contribution in [3.05, 3.63) is 52.8 Å². The Kier molecular flexibility index (Phi) is 6.67. The van der Waals surface area contributed by atoms with Gasteiger partial charge in [0, 0.05) is 37.7 Å². The maximum absolute atomic E-state index is 13.0. The molecule has 0 saturated heterocycles. The number of amides is 1. The van der Waals surface area contributed by atoms with Gasteiger partial charge in [-0.2, -0.15) is 10.4 Å². The number of aryl methyl sites for hydroxylation is 1. The van der Waals surface area contributed by atoms with Crippen LogP contribution in [0, 0.1) is 23.2 Å². The Bertz CT molecular complexity index is 1230. The van der Waals surface area contributed by atoms with E-state index in [4.69, 9.17) is 10.1 Å². The lowest BCUT2D eigenvalue weighted by Gasteiger charge is -2.34. The summed E-state index contributed by atoms with van der Waals surface area (Å²) in [6.45, 7) is 1.45. The average Bonchev–Trinajstić information content (AvgIpc) is 3.54. The lowest BCUT2D eigenvalue weighted by molar-refractivity contribution is 0.0780. The second-order valence-corrected chi connectivity index (χ2v) is 10.5. The number of aromatic nitrogens is 1. The molecule has 1 amide bonds. The van der Waals surface area contributed by atoms with Crippen LogP contribution in [0.1, 0.15) is 59.4 Å². The van der Waals surface area contributed by atoms with Gasteiger partial charge in [-0.15, -0.1) is 0 Å². The number of carbonyl (C=O) groups is 1.